The largest absolute Gasteiger partial charge is 0.494 e. The summed E-state index contributed by atoms with van der Waals surface area (Å²) in [6.07, 6.45) is 3.86. The van der Waals surface area contributed by atoms with Crippen LogP contribution in [0.25, 0.3) is 0 Å². The molecular weight excluding hydrogens is 354 g/mol. The molecule has 1 amide bonds. The molecule has 0 saturated heterocycles. The normalized spacial score (nSPS) is 10.6. The second-order valence-corrected chi connectivity index (χ2v) is 6.70. The number of amides is 1. The lowest BCUT2D eigenvalue weighted by Gasteiger charge is -2.06. The number of nitrogens with one attached hydrogen (secondary N) is 1. The molecule has 146 valence electrons. The predicted molar refractivity (Wildman–Crippen MR) is 108 cm³/mol. The van der Waals surface area contributed by atoms with Crippen LogP contribution in [0.2, 0.25) is 0 Å². The van der Waals surface area contributed by atoms with Crippen LogP contribution < -0.4 is 10.1 Å². The highest BCUT2D eigenvalue weighted by Gasteiger charge is 2.12. The zero-order chi connectivity index (χ0) is 19.8. The van der Waals surface area contributed by atoms with Gasteiger partial charge in [-0.25, -0.2) is 0 Å². The molecule has 0 bridgehead atoms. The molecule has 1 aromatic heterocycles. The predicted octanol–water partition coefficient (Wildman–Crippen LogP) is 4.79. The van der Waals surface area contributed by atoms with Gasteiger partial charge in [-0.05, 0) is 43.2 Å². The second-order valence-electron chi connectivity index (χ2n) is 6.70. The highest BCUT2D eigenvalue weighted by Crippen LogP contribution is 2.16. The van der Waals surface area contributed by atoms with E-state index >= 15 is 0 Å². The van der Waals surface area contributed by atoms with Crippen LogP contribution in [-0.4, -0.2) is 22.7 Å². The maximum absolute atomic E-state index is 12.3. The SMILES string of the molecule is CCCCCOc1ccc(C(=O)Nc2nnc(Cc3ccc(C)cc3)o2)cc1. The Balaban J connectivity index is 1.53. The lowest BCUT2D eigenvalue weighted by molar-refractivity contribution is 0.102. The number of carbonyl (C=O) groups excluding carboxylic acids is 1. The summed E-state index contributed by atoms with van der Waals surface area (Å²) in [5.74, 6) is 0.906. The average molecular weight is 379 g/mol. The molecule has 3 rings (SSSR count). The molecule has 6 nitrogen and oxygen atoms in total. The van der Waals surface area contributed by atoms with Crippen molar-refractivity contribution >= 4 is 11.9 Å². The van der Waals surface area contributed by atoms with Crippen molar-refractivity contribution in [1.82, 2.24) is 10.2 Å². The summed E-state index contributed by atoms with van der Waals surface area (Å²) in [5.41, 5.74) is 2.76. The van der Waals surface area contributed by atoms with Gasteiger partial charge in [-0.1, -0.05) is 54.7 Å². The second kappa shape index (κ2) is 9.69. The zero-order valence-electron chi connectivity index (χ0n) is 16.3. The van der Waals surface area contributed by atoms with Crippen LogP contribution in [0.4, 0.5) is 6.01 Å². The van der Waals surface area contributed by atoms with Crippen molar-refractivity contribution in [3.63, 3.8) is 0 Å². The Bertz CT molecular complexity index is 886. The highest BCUT2D eigenvalue weighted by atomic mass is 16.5. The molecule has 0 spiro atoms. The summed E-state index contributed by atoms with van der Waals surface area (Å²) in [6.45, 7) is 4.88. The number of aromatic nitrogens is 2. The highest BCUT2D eigenvalue weighted by molar-refractivity contribution is 6.03. The van der Waals surface area contributed by atoms with Gasteiger partial charge in [0.05, 0.1) is 13.0 Å². The van der Waals surface area contributed by atoms with Gasteiger partial charge in [0.25, 0.3) is 5.91 Å². The van der Waals surface area contributed by atoms with Crippen molar-refractivity contribution in [2.45, 2.75) is 39.5 Å². The van der Waals surface area contributed by atoms with Crippen LogP contribution in [0, 0.1) is 6.92 Å². The molecule has 3 aromatic rings. The molecule has 1 N–H and O–H groups in total. The molecule has 2 aromatic carbocycles. The van der Waals surface area contributed by atoms with Crippen LogP contribution in [-0.2, 0) is 6.42 Å². The van der Waals surface area contributed by atoms with E-state index in [0.29, 0.717) is 24.5 Å². The number of anilines is 1. The minimum absolute atomic E-state index is 0.0898. The van der Waals surface area contributed by atoms with Crippen molar-refractivity contribution in [3.8, 4) is 5.75 Å². The summed E-state index contributed by atoms with van der Waals surface area (Å²) in [4.78, 5) is 12.3. The van der Waals surface area contributed by atoms with Gasteiger partial charge in [0, 0.05) is 5.56 Å². The van der Waals surface area contributed by atoms with Crippen molar-refractivity contribution in [3.05, 3.63) is 71.1 Å². The smallest absolute Gasteiger partial charge is 0.322 e. The van der Waals surface area contributed by atoms with Crippen LogP contribution in [0.3, 0.4) is 0 Å². The van der Waals surface area contributed by atoms with E-state index in [0.717, 1.165) is 30.6 Å². The summed E-state index contributed by atoms with van der Waals surface area (Å²) < 4.78 is 11.2. The van der Waals surface area contributed by atoms with E-state index in [2.05, 4.69) is 22.4 Å². The molecule has 6 heteroatoms. The van der Waals surface area contributed by atoms with Crippen LogP contribution >= 0.6 is 0 Å². The minimum Gasteiger partial charge on any atom is -0.494 e. The molecule has 0 radical (unpaired) electrons. The number of rotatable bonds is 9. The van der Waals surface area contributed by atoms with E-state index < -0.39 is 0 Å². The minimum atomic E-state index is -0.303. The topological polar surface area (TPSA) is 77.2 Å². The molecule has 0 aliphatic carbocycles. The third-order valence-corrected chi connectivity index (χ3v) is 4.30. The number of benzene rings is 2. The van der Waals surface area contributed by atoms with E-state index in [1.807, 2.05) is 31.2 Å². The Morgan fingerprint density at radius 3 is 2.50 bits per heavy atom. The lowest BCUT2D eigenvalue weighted by atomic mass is 10.1. The number of ether oxygens (including phenoxy) is 1. The summed E-state index contributed by atoms with van der Waals surface area (Å²) in [6, 6.07) is 15.2. The van der Waals surface area contributed by atoms with Crippen molar-refractivity contribution in [2.75, 3.05) is 11.9 Å². The fourth-order valence-electron chi connectivity index (χ4n) is 2.67. The molecule has 0 saturated carbocycles. The van der Waals surface area contributed by atoms with Gasteiger partial charge in [-0.2, -0.15) is 0 Å². The third-order valence-electron chi connectivity index (χ3n) is 4.30. The summed E-state index contributed by atoms with van der Waals surface area (Å²) >= 11 is 0. The van der Waals surface area contributed by atoms with Gasteiger partial charge in [-0.15, -0.1) is 5.10 Å². The molecule has 0 fully saturated rings. The summed E-state index contributed by atoms with van der Waals surface area (Å²) in [5, 5.41) is 10.5. The van der Waals surface area contributed by atoms with Crippen molar-refractivity contribution in [1.29, 1.82) is 0 Å². The molecule has 1 heterocycles. The number of unbranched alkanes of at least 4 members (excludes halogenated alkanes) is 2. The van der Waals surface area contributed by atoms with E-state index in [-0.39, 0.29) is 11.9 Å². The molecule has 0 aliphatic heterocycles. The zero-order valence-corrected chi connectivity index (χ0v) is 16.3. The fourth-order valence-corrected chi connectivity index (χ4v) is 2.67. The number of hydrogen-bond donors (Lipinski definition) is 1. The first-order valence-electron chi connectivity index (χ1n) is 9.56. The monoisotopic (exact) mass is 379 g/mol. The Labute approximate surface area is 164 Å². The first-order valence-corrected chi connectivity index (χ1v) is 9.56. The van der Waals surface area contributed by atoms with Gasteiger partial charge in [0.15, 0.2) is 0 Å². The quantitative estimate of drug-likeness (QED) is 0.541. The lowest BCUT2D eigenvalue weighted by Crippen LogP contribution is -2.12. The van der Waals surface area contributed by atoms with Crippen LogP contribution in [0.15, 0.2) is 52.9 Å². The molecule has 0 atom stereocenters. The Kier molecular flexibility index (Phi) is 6.78. The number of aryl methyl sites for hydroxylation is 1. The van der Waals surface area contributed by atoms with E-state index in [4.69, 9.17) is 9.15 Å². The van der Waals surface area contributed by atoms with Crippen LogP contribution in [0.1, 0.15) is 53.6 Å². The maximum atomic E-state index is 12.3. The van der Waals surface area contributed by atoms with Gasteiger partial charge in [-0.3, -0.25) is 10.1 Å². The first-order chi connectivity index (χ1) is 13.6. The van der Waals surface area contributed by atoms with Gasteiger partial charge in [0.1, 0.15) is 5.75 Å². The number of hydrogen-bond acceptors (Lipinski definition) is 5. The maximum Gasteiger partial charge on any atom is 0.322 e. The Hall–Kier alpha value is -3.15. The molecule has 28 heavy (non-hydrogen) atoms. The van der Waals surface area contributed by atoms with E-state index in [9.17, 15) is 4.79 Å². The van der Waals surface area contributed by atoms with Crippen LogP contribution in [0.5, 0.6) is 5.75 Å². The third kappa shape index (κ3) is 5.67. The fraction of sp³-hybridized carbons (Fsp3) is 0.318. The molecule has 0 aliphatic rings. The van der Waals surface area contributed by atoms with Crippen molar-refractivity contribution < 1.29 is 13.9 Å². The Morgan fingerprint density at radius 2 is 1.79 bits per heavy atom. The Morgan fingerprint density at radius 1 is 1.04 bits per heavy atom. The summed E-state index contributed by atoms with van der Waals surface area (Å²) in [7, 11) is 0. The standard InChI is InChI=1S/C22H25N3O3/c1-3-4-5-14-27-19-12-10-18(11-13-19)21(26)23-22-25-24-20(28-22)15-17-8-6-16(2)7-9-17/h6-13H,3-5,14-15H2,1-2H3,(H,23,25,26). The number of carbonyl (C=O) groups is 1. The average Bonchev–Trinajstić information content (AvgIpc) is 3.14. The van der Waals surface area contributed by atoms with Gasteiger partial charge < -0.3 is 9.15 Å². The molecular formula is C22H25N3O3. The first kappa shape index (κ1) is 19.6. The van der Waals surface area contributed by atoms with Gasteiger partial charge in [0.2, 0.25) is 5.89 Å². The van der Waals surface area contributed by atoms with Gasteiger partial charge >= 0.3 is 6.01 Å². The van der Waals surface area contributed by atoms with E-state index in [1.54, 1.807) is 24.3 Å². The van der Waals surface area contributed by atoms with Crippen molar-refractivity contribution in [2.24, 2.45) is 0 Å². The number of nitrogens with zero attached hydrogens (tertiary/aromatic N) is 2. The van der Waals surface area contributed by atoms with E-state index in [1.165, 1.54) is 5.56 Å². The molecule has 0 unspecified atom stereocenters.